The van der Waals surface area contributed by atoms with Crippen LogP contribution in [0.15, 0.2) is 36.1 Å². The summed E-state index contributed by atoms with van der Waals surface area (Å²) in [7, 11) is 0. The van der Waals surface area contributed by atoms with E-state index in [1.807, 2.05) is 0 Å². The van der Waals surface area contributed by atoms with Gasteiger partial charge in [0.15, 0.2) is 0 Å². The van der Waals surface area contributed by atoms with Crippen molar-refractivity contribution in [3.05, 3.63) is 41.7 Å². The van der Waals surface area contributed by atoms with E-state index in [0.717, 1.165) is 6.42 Å². The SMILES string of the molecule is OC(C1=COCCC1)c1cccc(OC(F)(F)F)c1. The van der Waals surface area contributed by atoms with Crippen LogP contribution in [0.3, 0.4) is 0 Å². The van der Waals surface area contributed by atoms with Crippen LogP contribution in [0.4, 0.5) is 13.2 Å². The van der Waals surface area contributed by atoms with Crippen molar-refractivity contribution < 1.29 is 27.8 Å². The molecule has 1 aliphatic heterocycles. The average Bonchev–Trinajstić information content (AvgIpc) is 2.37. The lowest BCUT2D eigenvalue weighted by molar-refractivity contribution is -0.274. The number of hydrogen-bond acceptors (Lipinski definition) is 3. The molecular formula is C13H13F3O3. The van der Waals surface area contributed by atoms with Crippen LogP contribution >= 0.6 is 0 Å². The summed E-state index contributed by atoms with van der Waals surface area (Å²) in [5.41, 5.74) is 0.994. The molecule has 1 aromatic carbocycles. The van der Waals surface area contributed by atoms with Crippen LogP contribution in [0.25, 0.3) is 0 Å². The zero-order valence-electron chi connectivity index (χ0n) is 9.98. The van der Waals surface area contributed by atoms with Gasteiger partial charge in [0.1, 0.15) is 11.9 Å². The Morgan fingerprint density at radius 3 is 2.74 bits per heavy atom. The highest BCUT2D eigenvalue weighted by Gasteiger charge is 2.31. The standard InChI is InChI=1S/C13H13F3O3/c14-13(15,16)19-11-5-1-3-9(7-11)12(17)10-4-2-6-18-8-10/h1,3,5,7-8,12,17H,2,4,6H2. The van der Waals surface area contributed by atoms with Crippen molar-refractivity contribution >= 4 is 0 Å². The molecule has 0 amide bonds. The van der Waals surface area contributed by atoms with E-state index in [0.29, 0.717) is 24.2 Å². The molecule has 1 aromatic rings. The molecule has 104 valence electrons. The zero-order chi connectivity index (χ0) is 13.9. The lowest BCUT2D eigenvalue weighted by Gasteiger charge is -2.19. The van der Waals surface area contributed by atoms with Gasteiger partial charge >= 0.3 is 6.36 Å². The molecule has 0 radical (unpaired) electrons. The van der Waals surface area contributed by atoms with Crippen molar-refractivity contribution in [2.24, 2.45) is 0 Å². The molecule has 19 heavy (non-hydrogen) atoms. The van der Waals surface area contributed by atoms with Gasteiger partial charge in [-0.3, -0.25) is 0 Å². The summed E-state index contributed by atoms with van der Waals surface area (Å²) < 4.78 is 45.3. The largest absolute Gasteiger partial charge is 0.573 e. The maximum absolute atomic E-state index is 12.1. The fourth-order valence-corrected chi connectivity index (χ4v) is 1.88. The molecule has 0 bridgehead atoms. The van der Waals surface area contributed by atoms with Crippen LogP contribution in [0.1, 0.15) is 24.5 Å². The van der Waals surface area contributed by atoms with Gasteiger partial charge in [-0.2, -0.15) is 0 Å². The first-order valence-corrected chi connectivity index (χ1v) is 5.80. The normalized spacial score (nSPS) is 17.4. The fraction of sp³-hybridized carbons (Fsp3) is 0.385. The molecule has 1 N–H and O–H groups in total. The maximum Gasteiger partial charge on any atom is 0.573 e. The molecule has 6 heteroatoms. The highest BCUT2D eigenvalue weighted by atomic mass is 19.4. The number of alkyl halides is 3. The molecule has 1 atom stereocenters. The molecule has 3 nitrogen and oxygen atoms in total. The van der Waals surface area contributed by atoms with Crippen molar-refractivity contribution in [3.63, 3.8) is 0 Å². The van der Waals surface area contributed by atoms with Gasteiger partial charge in [-0.1, -0.05) is 12.1 Å². The molecule has 0 aromatic heterocycles. The minimum absolute atomic E-state index is 0.346. The summed E-state index contributed by atoms with van der Waals surface area (Å²) in [5.74, 6) is -0.346. The van der Waals surface area contributed by atoms with Gasteiger partial charge in [-0.25, -0.2) is 0 Å². The Labute approximate surface area is 108 Å². The summed E-state index contributed by atoms with van der Waals surface area (Å²) in [6.45, 7) is 0.591. The Hall–Kier alpha value is -1.69. The molecular weight excluding hydrogens is 261 g/mol. The highest BCUT2D eigenvalue weighted by molar-refractivity contribution is 5.33. The lowest BCUT2D eigenvalue weighted by atomic mass is 9.98. The number of benzene rings is 1. The predicted molar refractivity (Wildman–Crippen MR) is 61.4 cm³/mol. The van der Waals surface area contributed by atoms with E-state index in [2.05, 4.69) is 4.74 Å². The van der Waals surface area contributed by atoms with Crippen LogP contribution in [-0.2, 0) is 4.74 Å². The third-order valence-electron chi connectivity index (χ3n) is 2.72. The van der Waals surface area contributed by atoms with Gasteiger partial charge in [0.25, 0.3) is 0 Å². The molecule has 2 rings (SSSR count). The number of halogens is 3. The van der Waals surface area contributed by atoms with Gasteiger partial charge in [-0.15, -0.1) is 13.2 Å². The van der Waals surface area contributed by atoms with E-state index in [1.165, 1.54) is 24.5 Å². The number of aliphatic hydroxyl groups excluding tert-OH is 1. The van der Waals surface area contributed by atoms with Gasteiger partial charge < -0.3 is 14.6 Å². The van der Waals surface area contributed by atoms with E-state index in [9.17, 15) is 18.3 Å². The Morgan fingerprint density at radius 1 is 1.32 bits per heavy atom. The topological polar surface area (TPSA) is 38.7 Å². The second kappa shape index (κ2) is 5.52. The smallest absolute Gasteiger partial charge is 0.501 e. The molecule has 1 unspecified atom stereocenters. The molecule has 0 fully saturated rings. The predicted octanol–water partition coefficient (Wildman–Crippen LogP) is 3.31. The van der Waals surface area contributed by atoms with Crippen LogP contribution < -0.4 is 4.74 Å². The zero-order valence-corrected chi connectivity index (χ0v) is 9.98. The van der Waals surface area contributed by atoms with Gasteiger partial charge in [0.05, 0.1) is 12.9 Å². The van der Waals surface area contributed by atoms with E-state index >= 15 is 0 Å². The number of aliphatic hydroxyl groups is 1. The van der Waals surface area contributed by atoms with Gasteiger partial charge in [-0.05, 0) is 36.1 Å². The van der Waals surface area contributed by atoms with Crippen molar-refractivity contribution in [2.45, 2.75) is 25.3 Å². The van der Waals surface area contributed by atoms with E-state index < -0.39 is 12.5 Å². The fourth-order valence-electron chi connectivity index (χ4n) is 1.88. The quantitative estimate of drug-likeness (QED) is 0.919. The molecule has 0 spiro atoms. The van der Waals surface area contributed by atoms with E-state index in [-0.39, 0.29) is 5.75 Å². The summed E-state index contributed by atoms with van der Waals surface area (Å²) in [5, 5.41) is 10.1. The van der Waals surface area contributed by atoms with Crippen molar-refractivity contribution in [2.75, 3.05) is 6.61 Å². The van der Waals surface area contributed by atoms with E-state index in [1.54, 1.807) is 6.07 Å². The van der Waals surface area contributed by atoms with Crippen LogP contribution in [0.5, 0.6) is 5.75 Å². The minimum Gasteiger partial charge on any atom is -0.501 e. The third-order valence-corrected chi connectivity index (χ3v) is 2.72. The molecule has 1 aliphatic rings. The molecule has 0 aliphatic carbocycles. The molecule has 1 heterocycles. The highest BCUT2D eigenvalue weighted by Crippen LogP contribution is 2.31. The third kappa shape index (κ3) is 3.89. The molecule has 0 saturated carbocycles. The van der Waals surface area contributed by atoms with Gasteiger partial charge in [0.2, 0.25) is 0 Å². The van der Waals surface area contributed by atoms with Crippen LogP contribution in [-0.4, -0.2) is 18.1 Å². The Balaban J connectivity index is 2.16. The second-order valence-corrected chi connectivity index (χ2v) is 4.19. The summed E-state index contributed by atoms with van der Waals surface area (Å²) in [4.78, 5) is 0. The number of hydrogen-bond donors (Lipinski definition) is 1. The number of ether oxygens (including phenoxy) is 2. The summed E-state index contributed by atoms with van der Waals surface area (Å²) in [6.07, 6.45) is -2.81. The first kappa shape index (κ1) is 13.7. The summed E-state index contributed by atoms with van der Waals surface area (Å²) in [6, 6.07) is 5.32. The van der Waals surface area contributed by atoms with Crippen molar-refractivity contribution in [3.8, 4) is 5.75 Å². The van der Waals surface area contributed by atoms with Gasteiger partial charge in [0, 0.05) is 0 Å². The summed E-state index contributed by atoms with van der Waals surface area (Å²) >= 11 is 0. The number of rotatable bonds is 3. The van der Waals surface area contributed by atoms with Crippen molar-refractivity contribution in [1.82, 2.24) is 0 Å². The van der Waals surface area contributed by atoms with Crippen molar-refractivity contribution in [1.29, 1.82) is 0 Å². The van der Waals surface area contributed by atoms with Crippen LogP contribution in [0.2, 0.25) is 0 Å². The monoisotopic (exact) mass is 274 g/mol. The second-order valence-electron chi connectivity index (χ2n) is 4.19. The Bertz CT molecular complexity index is 468. The first-order chi connectivity index (χ1) is 8.96. The Morgan fingerprint density at radius 2 is 2.11 bits per heavy atom. The average molecular weight is 274 g/mol. The first-order valence-electron chi connectivity index (χ1n) is 5.80. The minimum atomic E-state index is -4.74. The molecule has 0 saturated heterocycles. The Kier molecular flexibility index (Phi) is 3.99. The lowest BCUT2D eigenvalue weighted by Crippen LogP contribution is -2.17. The van der Waals surface area contributed by atoms with E-state index in [4.69, 9.17) is 4.74 Å². The maximum atomic E-state index is 12.1. The van der Waals surface area contributed by atoms with Crippen LogP contribution in [0, 0.1) is 0 Å².